The molecular formula is C28H52O4. The summed E-state index contributed by atoms with van der Waals surface area (Å²) in [6.07, 6.45) is 12.2. The maximum atomic E-state index is 12.4. The first-order valence-electron chi connectivity index (χ1n) is 13.5. The Labute approximate surface area is 198 Å². The summed E-state index contributed by atoms with van der Waals surface area (Å²) >= 11 is 0. The smallest absolute Gasteiger partial charge is 0.308 e. The van der Waals surface area contributed by atoms with E-state index in [-0.39, 0.29) is 23.8 Å². The lowest BCUT2D eigenvalue weighted by Gasteiger charge is -2.26. The number of carbonyl (C=O) groups is 2. The summed E-state index contributed by atoms with van der Waals surface area (Å²) < 4.78 is 11.1. The van der Waals surface area contributed by atoms with Gasteiger partial charge >= 0.3 is 11.9 Å². The molecule has 1 fully saturated rings. The Morgan fingerprint density at radius 1 is 0.594 bits per heavy atom. The van der Waals surface area contributed by atoms with Gasteiger partial charge in [0.2, 0.25) is 0 Å². The first-order valence-corrected chi connectivity index (χ1v) is 13.5. The summed E-state index contributed by atoms with van der Waals surface area (Å²) in [6.45, 7) is 14.7. The van der Waals surface area contributed by atoms with E-state index in [1.807, 2.05) is 0 Å². The maximum absolute atomic E-state index is 12.4. The maximum Gasteiger partial charge on any atom is 0.308 e. The molecule has 1 rings (SSSR count). The molecule has 0 saturated heterocycles. The third-order valence-electron chi connectivity index (χ3n) is 7.04. The largest absolute Gasteiger partial charge is 0.465 e. The Balaban J connectivity index is 2.11. The molecular weight excluding hydrogens is 400 g/mol. The lowest BCUT2D eigenvalue weighted by Crippen LogP contribution is -2.28. The van der Waals surface area contributed by atoms with E-state index < -0.39 is 0 Å². The number of esters is 2. The highest BCUT2D eigenvalue weighted by molar-refractivity contribution is 5.75. The Hall–Kier alpha value is -1.06. The molecule has 4 nitrogen and oxygen atoms in total. The zero-order chi connectivity index (χ0) is 23.9. The number of hydrogen-bond donors (Lipinski definition) is 0. The van der Waals surface area contributed by atoms with E-state index in [9.17, 15) is 9.59 Å². The van der Waals surface area contributed by atoms with Crippen LogP contribution in [0.4, 0.5) is 0 Å². The normalized spacial score (nSPS) is 20.9. The predicted octanol–water partition coefficient (Wildman–Crippen LogP) is 7.58. The predicted molar refractivity (Wildman–Crippen MR) is 132 cm³/mol. The molecule has 0 amide bonds. The van der Waals surface area contributed by atoms with Crippen molar-refractivity contribution < 1.29 is 19.1 Å². The van der Waals surface area contributed by atoms with Gasteiger partial charge in [-0.25, -0.2) is 0 Å². The Morgan fingerprint density at radius 2 is 0.938 bits per heavy atom. The molecule has 1 aliphatic carbocycles. The van der Waals surface area contributed by atoms with Crippen LogP contribution in [-0.4, -0.2) is 25.2 Å². The number of ether oxygens (including phenoxy) is 2. The third kappa shape index (κ3) is 13.5. The molecule has 1 saturated carbocycles. The first kappa shape index (κ1) is 29.0. The standard InChI is InChI=1S/C28H52O4/c1-21(2)11-13-23(5)9-7-19-31-27(29)25-15-17-26(18-16-25)28(30)32-20-8-10-24(6)14-12-22(3)4/h21-26H,7-20H2,1-6H3. The van der Waals surface area contributed by atoms with Crippen molar-refractivity contribution in [3.05, 3.63) is 0 Å². The quantitative estimate of drug-likeness (QED) is 0.179. The van der Waals surface area contributed by atoms with Gasteiger partial charge in [0.05, 0.1) is 25.0 Å². The van der Waals surface area contributed by atoms with Crippen LogP contribution >= 0.6 is 0 Å². The van der Waals surface area contributed by atoms with Gasteiger partial charge in [0, 0.05) is 0 Å². The molecule has 0 radical (unpaired) electrons. The van der Waals surface area contributed by atoms with E-state index in [0.717, 1.165) is 63.2 Å². The molecule has 0 N–H and O–H groups in total. The number of hydrogen-bond acceptors (Lipinski definition) is 4. The van der Waals surface area contributed by atoms with Crippen LogP contribution < -0.4 is 0 Å². The average Bonchev–Trinajstić information content (AvgIpc) is 2.76. The van der Waals surface area contributed by atoms with Crippen LogP contribution in [-0.2, 0) is 19.1 Å². The van der Waals surface area contributed by atoms with Gasteiger partial charge in [0.1, 0.15) is 0 Å². The topological polar surface area (TPSA) is 52.6 Å². The van der Waals surface area contributed by atoms with Crippen molar-refractivity contribution in [1.82, 2.24) is 0 Å². The molecule has 0 spiro atoms. The SMILES string of the molecule is CC(C)CCC(C)CCCOC(=O)C1CCC(C(=O)OCCCC(C)CCC(C)C)CC1. The highest BCUT2D eigenvalue weighted by atomic mass is 16.5. The minimum Gasteiger partial charge on any atom is -0.465 e. The van der Waals surface area contributed by atoms with Gasteiger partial charge in [-0.15, -0.1) is 0 Å². The minimum absolute atomic E-state index is 0.0424. The van der Waals surface area contributed by atoms with Gasteiger partial charge in [-0.3, -0.25) is 9.59 Å². The summed E-state index contributed by atoms with van der Waals surface area (Å²) in [6, 6.07) is 0. The molecule has 0 heterocycles. The van der Waals surface area contributed by atoms with E-state index in [1.54, 1.807) is 0 Å². The molecule has 32 heavy (non-hydrogen) atoms. The second-order valence-electron chi connectivity index (χ2n) is 11.3. The fourth-order valence-corrected chi connectivity index (χ4v) is 4.53. The van der Waals surface area contributed by atoms with Crippen molar-refractivity contribution >= 4 is 11.9 Å². The molecule has 0 aromatic rings. The first-order chi connectivity index (χ1) is 15.2. The second-order valence-corrected chi connectivity index (χ2v) is 11.3. The second kappa shape index (κ2) is 16.5. The minimum atomic E-state index is -0.0676. The zero-order valence-electron chi connectivity index (χ0n) is 22.0. The monoisotopic (exact) mass is 452 g/mol. The summed E-state index contributed by atoms with van der Waals surface area (Å²) in [5.41, 5.74) is 0. The van der Waals surface area contributed by atoms with Gasteiger partial charge in [0.15, 0.2) is 0 Å². The van der Waals surface area contributed by atoms with Crippen LogP contribution in [0.15, 0.2) is 0 Å². The Kier molecular flexibility index (Phi) is 15.0. The number of rotatable bonds is 16. The van der Waals surface area contributed by atoms with Crippen LogP contribution in [0.5, 0.6) is 0 Å². The summed E-state index contributed by atoms with van der Waals surface area (Å²) in [4.78, 5) is 24.7. The van der Waals surface area contributed by atoms with E-state index in [4.69, 9.17) is 9.47 Å². The lowest BCUT2D eigenvalue weighted by atomic mass is 9.82. The Morgan fingerprint density at radius 3 is 1.25 bits per heavy atom. The van der Waals surface area contributed by atoms with Crippen molar-refractivity contribution in [1.29, 1.82) is 0 Å². The summed E-state index contributed by atoms with van der Waals surface area (Å²) in [5.74, 6) is 2.68. The average molecular weight is 453 g/mol. The van der Waals surface area contributed by atoms with E-state index in [2.05, 4.69) is 41.5 Å². The fraction of sp³-hybridized carbons (Fsp3) is 0.929. The van der Waals surface area contributed by atoms with Crippen LogP contribution in [0.2, 0.25) is 0 Å². The highest BCUT2D eigenvalue weighted by Gasteiger charge is 2.31. The lowest BCUT2D eigenvalue weighted by molar-refractivity contribution is -0.155. The molecule has 0 bridgehead atoms. The van der Waals surface area contributed by atoms with E-state index >= 15 is 0 Å². The van der Waals surface area contributed by atoms with E-state index in [0.29, 0.717) is 25.0 Å². The third-order valence-corrected chi connectivity index (χ3v) is 7.04. The van der Waals surface area contributed by atoms with Crippen LogP contribution in [0.1, 0.15) is 119 Å². The van der Waals surface area contributed by atoms with Crippen LogP contribution in [0.25, 0.3) is 0 Å². The molecule has 2 atom stereocenters. The summed E-state index contributed by atoms with van der Waals surface area (Å²) in [7, 11) is 0. The number of carbonyl (C=O) groups excluding carboxylic acids is 2. The van der Waals surface area contributed by atoms with Crippen molar-refractivity contribution in [2.45, 2.75) is 119 Å². The zero-order valence-corrected chi connectivity index (χ0v) is 22.0. The Bertz CT molecular complexity index is 460. The molecule has 188 valence electrons. The van der Waals surface area contributed by atoms with Gasteiger partial charge < -0.3 is 9.47 Å². The summed E-state index contributed by atoms with van der Waals surface area (Å²) in [5, 5.41) is 0. The molecule has 0 aliphatic heterocycles. The molecule has 2 unspecified atom stereocenters. The van der Waals surface area contributed by atoms with Crippen LogP contribution in [0.3, 0.4) is 0 Å². The van der Waals surface area contributed by atoms with E-state index in [1.165, 1.54) is 25.7 Å². The van der Waals surface area contributed by atoms with Crippen LogP contribution in [0, 0.1) is 35.5 Å². The fourth-order valence-electron chi connectivity index (χ4n) is 4.53. The highest BCUT2D eigenvalue weighted by Crippen LogP contribution is 2.30. The van der Waals surface area contributed by atoms with Gasteiger partial charge in [-0.05, 0) is 75.0 Å². The molecule has 0 aromatic carbocycles. The van der Waals surface area contributed by atoms with Gasteiger partial charge in [-0.1, -0.05) is 67.2 Å². The van der Waals surface area contributed by atoms with Crippen molar-refractivity contribution in [3.63, 3.8) is 0 Å². The molecule has 0 aromatic heterocycles. The molecule has 1 aliphatic rings. The van der Waals surface area contributed by atoms with Crippen molar-refractivity contribution in [2.24, 2.45) is 35.5 Å². The van der Waals surface area contributed by atoms with Gasteiger partial charge in [0.25, 0.3) is 0 Å². The molecule has 4 heteroatoms. The van der Waals surface area contributed by atoms with Gasteiger partial charge in [-0.2, -0.15) is 0 Å². The van der Waals surface area contributed by atoms with Crippen molar-refractivity contribution in [3.8, 4) is 0 Å². The van der Waals surface area contributed by atoms with Crippen molar-refractivity contribution in [2.75, 3.05) is 13.2 Å².